The van der Waals surface area contributed by atoms with E-state index in [1.165, 1.54) is 0 Å². The SMILES string of the molecule is CCOCCCNC(=S)N1CCN(CC(C)(C)O)CC1. The zero-order valence-electron chi connectivity index (χ0n) is 13.0. The molecular formula is C14H29N3O2S. The van der Waals surface area contributed by atoms with Crippen LogP contribution in [0.2, 0.25) is 0 Å². The molecule has 0 amide bonds. The number of β-amino-alcohol motifs (C(OH)–C–C–N with tert-alkyl or cyclic N) is 1. The summed E-state index contributed by atoms with van der Waals surface area (Å²) < 4.78 is 5.29. The van der Waals surface area contributed by atoms with Crippen LogP contribution in [-0.4, -0.2) is 78.1 Å². The standard InChI is InChI=1S/C14H29N3O2S/c1-4-19-11-5-6-15-13(20)17-9-7-16(8-10-17)12-14(2,3)18/h18H,4-12H2,1-3H3,(H,15,20). The molecule has 1 aliphatic heterocycles. The van der Waals surface area contributed by atoms with E-state index >= 15 is 0 Å². The van der Waals surface area contributed by atoms with Crippen molar-refractivity contribution in [2.45, 2.75) is 32.8 Å². The van der Waals surface area contributed by atoms with Crippen molar-refractivity contribution in [1.29, 1.82) is 0 Å². The summed E-state index contributed by atoms with van der Waals surface area (Å²) in [5.41, 5.74) is -0.625. The molecule has 1 rings (SSSR count). The molecule has 0 aliphatic carbocycles. The van der Waals surface area contributed by atoms with Crippen LogP contribution in [0, 0.1) is 0 Å². The number of thiocarbonyl (C=S) groups is 1. The molecule has 118 valence electrons. The van der Waals surface area contributed by atoms with Crippen molar-refractivity contribution in [3.63, 3.8) is 0 Å². The molecule has 0 radical (unpaired) electrons. The Bertz CT molecular complexity index is 287. The number of hydrogen-bond donors (Lipinski definition) is 2. The van der Waals surface area contributed by atoms with Gasteiger partial charge >= 0.3 is 0 Å². The molecule has 0 aromatic carbocycles. The van der Waals surface area contributed by atoms with Crippen LogP contribution in [-0.2, 0) is 4.74 Å². The van der Waals surface area contributed by atoms with Crippen molar-refractivity contribution in [3.05, 3.63) is 0 Å². The van der Waals surface area contributed by atoms with Crippen LogP contribution in [0.4, 0.5) is 0 Å². The van der Waals surface area contributed by atoms with Crippen molar-refractivity contribution in [2.75, 3.05) is 52.5 Å². The molecule has 0 bridgehead atoms. The lowest BCUT2D eigenvalue weighted by Gasteiger charge is -2.38. The number of nitrogens with zero attached hydrogens (tertiary/aromatic N) is 2. The van der Waals surface area contributed by atoms with E-state index in [2.05, 4.69) is 15.1 Å². The summed E-state index contributed by atoms with van der Waals surface area (Å²) >= 11 is 5.41. The Morgan fingerprint density at radius 2 is 1.95 bits per heavy atom. The number of hydrogen-bond acceptors (Lipinski definition) is 4. The fraction of sp³-hybridized carbons (Fsp3) is 0.929. The quantitative estimate of drug-likeness (QED) is 0.533. The highest BCUT2D eigenvalue weighted by Crippen LogP contribution is 2.08. The number of rotatable bonds is 7. The lowest BCUT2D eigenvalue weighted by Crippen LogP contribution is -2.54. The van der Waals surface area contributed by atoms with Gasteiger partial charge in [-0.3, -0.25) is 4.90 Å². The predicted molar refractivity (Wildman–Crippen MR) is 86.0 cm³/mol. The van der Waals surface area contributed by atoms with Gasteiger partial charge in [-0.15, -0.1) is 0 Å². The Kier molecular flexibility index (Phi) is 7.72. The van der Waals surface area contributed by atoms with E-state index in [9.17, 15) is 5.11 Å². The molecule has 6 heteroatoms. The van der Waals surface area contributed by atoms with E-state index in [0.29, 0.717) is 0 Å². The Hall–Kier alpha value is -0.430. The summed E-state index contributed by atoms with van der Waals surface area (Å²) in [6.45, 7) is 12.6. The maximum Gasteiger partial charge on any atom is 0.169 e. The second-order valence-corrected chi connectivity index (χ2v) is 6.24. The van der Waals surface area contributed by atoms with E-state index in [0.717, 1.165) is 64.0 Å². The molecule has 1 fully saturated rings. The van der Waals surface area contributed by atoms with E-state index in [-0.39, 0.29) is 0 Å². The molecular weight excluding hydrogens is 274 g/mol. The van der Waals surface area contributed by atoms with E-state index in [1.54, 1.807) is 0 Å². The first-order valence-electron chi connectivity index (χ1n) is 7.47. The molecule has 0 atom stereocenters. The van der Waals surface area contributed by atoms with Gasteiger partial charge in [-0.05, 0) is 39.4 Å². The highest BCUT2D eigenvalue weighted by atomic mass is 32.1. The average Bonchev–Trinajstić information content (AvgIpc) is 2.37. The topological polar surface area (TPSA) is 48.0 Å². The third-order valence-corrected chi connectivity index (χ3v) is 3.62. The first-order valence-corrected chi connectivity index (χ1v) is 7.88. The largest absolute Gasteiger partial charge is 0.389 e. The van der Waals surface area contributed by atoms with Crippen molar-refractivity contribution >= 4 is 17.3 Å². The molecule has 1 saturated heterocycles. The van der Waals surface area contributed by atoms with Crippen molar-refractivity contribution in [3.8, 4) is 0 Å². The smallest absolute Gasteiger partial charge is 0.169 e. The Morgan fingerprint density at radius 1 is 1.30 bits per heavy atom. The van der Waals surface area contributed by atoms with Crippen molar-refractivity contribution < 1.29 is 9.84 Å². The Balaban J connectivity index is 2.15. The Labute approximate surface area is 128 Å². The fourth-order valence-electron chi connectivity index (χ4n) is 2.28. The van der Waals surface area contributed by atoms with Gasteiger partial charge in [0.1, 0.15) is 0 Å². The van der Waals surface area contributed by atoms with Gasteiger partial charge in [0.25, 0.3) is 0 Å². The number of piperazine rings is 1. The summed E-state index contributed by atoms with van der Waals surface area (Å²) in [7, 11) is 0. The number of aliphatic hydroxyl groups is 1. The zero-order valence-corrected chi connectivity index (χ0v) is 13.8. The van der Waals surface area contributed by atoms with E-state index in [4.69, 9.17) is 17.0 Å². The van der Waals surface area contributed by atoms with Crippen LogP contribution in [0.5, 0.6) is 0 Å². The maximum absolute atomic E-state index is 9.83. The van der Waals surface area contributed by atoms with Crippen LogP contribution in [0.25, 0.3) is 0 Å². The Morgan fingerprint density at radius 3 is 2.50 bits per heavy atom. The van der Waals surface area contributed by atoms with Crippen molar-refractivity contribution in [2.24, 2.45) is 0 Å². The van der Waals surface area contributed by atoms with Gasteiger partial charge < -0.3 is 20.1 Å². The minimum atomic E-state index is -0.625. The van der Waals surface area contributed by atoms with Gasteiger partial charge in [0, 0.05) is 52.5 Å². The van der Waals surface area contributed by atoms with E-state index in [1.807, 2.05) is 20.8 Å². The molecule has 1 aliphatic rings. The lowest BCUT2D eigenvalue weighted by atomic mass is 10.1. The maximum atomic E-state index is 9.83. The fourth-order valence-corrected chi connectivity index (χ4v) is 2.57. The molecule has 0 saturated carbocycles. The summed E-state index contributed by atoms with van der Waals surface area (Å²) in [6.07, 6.45) is 0.979. The summed E-state index contributed by atoms with van der Waals surface area (Å²) in [4.78, 5) is 4.49. The van der Waals surface area contributed by atoms with Crippen molar-refractivity contribution in [1.82, 2.24) is 15.1 Å². The van der Waals surface area contributed by atoms with E-state index < -0.39 is 5.60 Å². The summed E-state index contributed by atoms with van der Waals surface area (Å²) in [5, 5.41) is 13.9. The molecule has 0 unspecified atom stereocenters. The average molecular weight is 303 g/mol. The molecule has 2 N–H and O–H groups in total. The molecule has 0 aromatic heterocycles. The monoisotopic (exact) mass is 303 g/mol. The third-order valence-electron chi connectivity index (χ3n) is 3.22. The minimum Gasteiger partial charge on any atom is -0.389 e. The summed E-state index contributed by atoms with van der Waals surface area (Å²) in [6, 6.07) is 0. The van der Waals surface area contributed by atoms with Gasteiger partial charge in [-0.1, -0.05) is 0 Å². The molecule has 0 aromatic rings. The molecule has 20 heavy (non-hydrogen) atoms. The second kappa shape index (κ2) is 8.77. The van der Waals surface area contributed by atoms with Crippen LogP contribution in [0.3, 0.4) is 0 Å². The molecule has 1 heterocycles. The second-order valence-electron chi connectivity index (χ2n) is 5.86. The predicted octanol–water partition coefficient (Wildman–Crippen LogP) is 0.676. The van der Waals surface area contributed by atoms with Gasteiger partial charge in [0.15, 0.2) is 5.11 Å². The normalized spacial score (nSPS) is 17.3. The van der Waals surface area contributed by atoms with Crippen LogP contribution < -0.4 is 5.32 Å². The number of nitrogens with one attached hydrogen (secondary N) is 1. The van der Waals surface area contributed by atoms with Gasteiger partial charge in [-0.25, -0.2) is 0 Å². The van der Waals surface area contributed by atoms with Crippen LogP contribution in [0.1, 0.15) is 27.2 Å². The highest BCUT2D eigenvalue weighted by molar-refractivity contribution is 7.80. The first-order chi connectivity index (χ1) is 9.42. The van der Waals surface area contributed by atoms with Gasteiger partial charge in [0.2, 0.25) is 0 Å². The lowest BCUT2D eigenvalue weighted by molar-refractivity contribution is 0.0251. The van der Waals surface area contributed by atoms with Gasteiger partial charge in [0.05, 0.1) is 5.60 Å². The van der Waals surface area contributed by atoms with Crippen LogP contribution >= 0.6 is 12.2 Å². The molecule has 5 nitrogen and oxygen atoms in total. The third kappa shape index (κ3) is 7.38. The highest BCUT2D eigenvalue weighted by Gasteiger charge is 2.23. The summed E-state index contributed by atoms with van der Waals surface area (Å²) in [5.74, 6) is 0. The molecule has 0 spiro atoms. The zero-order chi connectivity index (χ0) is 15.0. The number of ether oxygens (including phenoxy) is 1. The van der Waals surface area contributed by atoms with Crippen LogP contribution in [0.15, 0.2) is 0 Å². The van der Waals surface area contributed by atoms with Gasteiger partial charge in [-0.2, -0.15) is 0 Å². The minimum absolute atomic E-state index is 0.625. The first kappa shape index (κ1) is 17.6.